The average molecular weight is 354 g/mol. The number of nitrogens with two attached hydrogens (primary N) is 1. The van der Waals surface area contributed by atoms with Gasteiger partial charge in [-0.1, -0.05) is 0 Å². The van der Waals surface area contributed by atoms with Crippen molar-refractivity contribution in [3.8, 4) is 0 Å². The van der Waals surface area contributed by atoms with Crippen molar-refractivity contribution in [3.05, 3.63) is 24.3 Å². The Balaban J connectivity index is 2.02. The highest BCUT2D eigenvalue weighted by atomic mass is 32.2. The quantitative estimate of drug-likeness (QED) is 0.843. The van der Waals surface area contributed by atoms with Crippen LogP contribution in [0.25, 0.3) is 0 Å². The molecule has 1 aromatic rings. The third-order valence-electron chi connectivity index (χ3n) is 3.87. The summed E-state index contributed by atoms with van der Waals surface area (Å²) in [5.74, 6) is -0.0650. The molecule has 1 aliphatic rings. The fourth-order valence-electron chi connectivity index (χ4n) is 2.78. The molecule has 1 saturated heterocycles. The van der Waals surface area contributed by atoms with Gasteiger partial charge in [-0.25, -0.2) is 13.2 Å². The van der Waals surface area contributed by atoms with E-state index in [0.29, 0.717) is 18.8 Å². The zero-order valence-corrected chi connectivity index (χ0v) is 15.3. The van der Waals surface area contributed by atoms with Crippen LogP contribution < -0.4 is 5.73 Å². The van der Waals surface area contributed by atoms with Crippen molar-refractivity contribution in [2.75, 3.05) is 24.6 Å². The molecule has 2 rings (SSSR count). The van der Waals surface area contributed by atoms with Crippen molar-refractivity contribution < 1.29 is 17.9 Å². The van der Waals surface area contributed by atoms with E-state index in [4.69, 9.17) is 10.5 Å². The van der Waals surface area contributed by atoms with E-state index < -0.39 is 15.4 Å². The molecule has 1 amide bonds. The first-order valence-electron chi connectivity index (χ1n) is 8.13. The Labute approximate surface area is 143 Å². The first-order chi connectivity index (χ1) is 11.1. The Hall–Kier alpha value is -1.76. The van der Waals surface area contributed by atoms with Crippen LogP contribution in [0, 0.1) is 5.92 Å². The van der Waals surface area contributed by atoms with Gasteiger partial charge in [0.1, 0.15) is 5.60 Å². The van der Waals surface area contributed by atoms with Gasteiger partial charge < -0.3 is 15.4 Å². The maximum absolute atomic E-state index is 12.5. The number of rotatable bonds is 3. The Morgan fingerprint density at radius 3 is 2.50 bits per heavy atom. The van der Waals surface area contributed by atoms with Crippen molar-refractivity contribution in [1.82, 2.24) is 4.90 Å². The van der Waals surface area contributed by atoms with Gasteiger partial charge >= 0.3 is 6.09 Å². The van der Waals surface area contributed by atoms with E-state index in [1.165, 1.54) is 12.1 Å². The Morgan fingerprint density at radius 1 is 1.29 bits per heavy atom. The number of nitrogens with zero attached hydrogens (tertiary/aromatic N) is 1. The number of ether oxygens (including phenoxy) is 1. The number of anilines is 1. The second-order valence-electron chi connectivity index (χ2n) is 7.29. The predicted molar refractivity (Wildman–Crippen MR) is 93.4 cm³/mol. The summed E-state index contributed by atoms with van der Waals surface area (Å²) >= 11 is 0. The molecule has 134 valence electrons. The fourth-order valence-corrected chi connectivity index (χ4v) is 4.41. The lowest BCUT2D eigenvalue weighted by molar-refractivity contribution is 0.0176. The minimum absolute atomic E-state index is 0.0240. The molecule has 1 atom stereocenters. The SMILES string of the molecule is CC(C)(C)OC(=O)N1CCCC(CS(=O)(=O)c2ccc(N)cc2)C1. The molecular weight excluding hydrogens is 328 g/mol. The number of amides is 1. The van der Waals surface area contributed by atoms with Crippen LogP contribution in [0.1, 0.15) is 33.6 Å². The first-order valence-corrected chi connectivity index (χ1v) is 9.78. The van der Waals surface area contributed by atoms with E-state index in [9.17, 15) is 13.2 Å². The van der Waals surface area contributed by atoms with Gasteiger partial charge in [-0.2, -0.15) is 0 Å². The lowest BCUT2D eigenvalue weighted by Gasteiger charge is -2.34. The second kappa shape index (κ2) is 7.01. The molecule has 24 heavy (non-hydrogen) atoms. The number of carbonyl (C=O) groups is 1. The summed E-state index contributed by atoms with van der Waals surface area (Å²) in [6.07, 6.45) is 1.19. The Bertz CT molecular complexity index is 678. The number of likely N-dealkylation sites (tertiary alicyclic amines) is 1. The number of carbonyl (C=O) groups excluding carboxylic acids is 1. The third kappa shape index (κ3) is 5.12. The van der Waals surface area contributed by atoms with Gasteiger partial charge in [-0.3, -0.25) is 0 Å². The summed E-state index contributed by atoms with van der Waals surface area (Å²) in [4.78, 5) is 14.1. The highest BCUT2D eigenvalue weighted by molar-refractivity contribution is 7.91. The van der Waals surface area contributed by atoms with Crippen LogP contribution in [0.15, 0.2) is 29.2 Å². The summed E-state index contributed by atoms with van der Waals surface area (Å²) in [7, 11) is -3.40. The number of benzene rings is 1. The first kappa shape index (κ1) is 18.6. The van der Waals surface area contributed by atoms with Crippen LogP contribution in [0.5, 0.6) is 0 Å². The minimum Gasteiger partial charge on any atom is -0.444 e. The molecule has 7 heteroatoms. The van der Waals surface area contributed by atoms with Crippen molar-refractivity contribution in [3.63, 3.8) is 0 Å². The number of hydrogen-bond donors (Lipinski definition) is 1. The molecule has 0 aliphatic carbocycles. The number of nitrogen functional groups attached to an aromatic ring is 1. The predicted octanol–water partition coefficient (Wildman–Crippen LogP) is 2.69. The minimum atomic E-state index is -3.40. The summed E-state index contributed by atoms with van der Waals surface area (Å²) < 4.78 is 30.5. The zero-order valence-electron chi connectivity index (χ0n) is 14.5. The molecule has 1 heterocycles. The molecule has 1 aromatic carbocycles. The van der Waals surface area contributed by atoms with Crippen LogP contribution in [0.2, 0.25) is 0 Å². The van der Waals surface area contributed by atoms with Crippen molar-refractivity contribution in [2.45, 2.75) is 44.1 Å². The largest absolute Gasteiger partial charge is 0.444 e. The van der Waals surface area contributed by atoms with Gasteiger partial charge in [0.05, 0.1) is 10.6 Å². The van der Waals surface area contributed by atoms with Crippen molar-refractivity contribution in [1.29, 1.82) is 0 Å². The summed E-state index contributed by atoms with van der Waals surface area (Å²) in [6.45, 7) is 6.46. The monoisotopic (exact) mass is 354 g/mol. The molecule has 2 N–H and O–H groups in total. The highest BCUT2D eigenvalue weighted by Crippen LogP contribution is 2.23. The third-order valence-corrected chi connectivity index (χ3v) is 5.77. The summed E-state index contributed by atoms with van der Waals surface area (Å²) in [6, 6.07) is 6.22. The standard InChI is InChI=1S/C17H26N2O4S/c1-17(2,3)23-16(20)19-10-4-5-13(11-19)12-24(21,22)15-8-6-14(18)7-9-15/h6-9,13H,4-5,10-12,18H2,1-3H3. The lowest BCUT2D eigenvalue weighted by atomic mass is 10.0. The second-order valence-corrected chi connectivity index (χ2v) is 9.32. The Morgan fingerprint density at radius 2 is 1.92 bits per heavy atom. The summed E-state index contributed by atoms with van der Waals surface area (Å²) in [5, 5.41) is 0. The van der Waals surface area contributed by atoms with E-state index in [-0.39, 0.29) is 22.7 Å². The smallest absolute Gasteiger partial charge is 0.410 e. The van der Waals surface area contributed by atoms with E-state index in [1.54, 1.807) is 17.0 Å². The van der Waals surface area contributed by atoms with E-state index in [1.807, 2.05) is 20.8 Å². The lowest BCUT2D eigenvalue weighted by Crippen LogP contribution is -2.44. The van der Waals surface area contributed by atoms with Gasteiger partial charge in [0.15, 0.2) is 9.84 Å². The van der Waals surface area contributed by atoms with Crippen molar-refractivity contribution >= 4 is 21.6 Å². The maximum atomic E-state index is 12.5. The van der Waals surface area contributed by atoms with Gasteiger partial charge in [0.25, 0.3) is 0 Å². The molecule has 0 bridgehead atoms. The van der Waals surface area contributed by atoms with Gasteiger partial charge in [0.2, 0.25) is 0 Å². The number of sulfone groups is 1. The number of piperidine rings is 1. The fraction of sp³-hybridized carbons (Fsp3) is 0.588. The van der Waals surface area contributed by atoms with E-state index in [2.05, 4.69) is 0 Å². The van der Waals surface area contributed by atoms with Crippen molar-refractivity contribution in [2.24, 2.45) is 5.92 Å². The van der Waals surface area contributed by atoms with Gasteiger partial charge in [-0.15, -0.1) is 0 Å². The topological polar surface area (TPSA) is 89.7 Å². The van der Waals surface area contributed by atoms with Crippen LogP contribution >= 0.6 is 0 Å². The molecule has 0 saturated carbocycles. The summed E-state index contributed by atoms with van der Waals surface area (Å²) in [5.41, 5.74) is 5.58. The highest BCUT2D eigenvalue weighted by Gasteiger charge is 2.30. The molecular formula is C17H26N2O4S. The number of hydrogen-bond acceptors (Lipinski definition) is 5. The molecule has 6 nitrogen and oxygen atoms in total. The average Bonchev–Trinajstić information content (AvgIpc) is 2.45. The molecule has 1 aliphatic heterocycles. The normalized spacial score (nSPS) is 19.1. The van der Waals surface area contributed by atoms with E-state index >= 15 is 0 Å². The zero-order chi connectivity index (χ0) is 18.0. The molecule has 0 radical (unpaired) electrons. The molecule has 0 aromatic heterocycles. The molecule has 1 fully saturated rings. The van der Waals surface area contributed by atoms with Gasteiger partial charge in [-0.05, 0) is 63.8 Å². The van der Waals surface area contributed by atoms with Crippen LogP contribution in [0.3, 0.4) is 0 Å². The molecule has 1 unspecified atom stereocenters. The van der Waals surface area contributed by atoms with E-state index in [0.717, 1.165) is 12.8 Å². The maximum Gasteiger partial charge on any atom is 0.410 e. The van der Waals surface area contributed by atoms with Crippen LogP contribution in [0.4, 0.5) is 10.5 Å². The Kier molecular flexibility index (Phi) is 5.42. The molecule has 0 spiro atoms. The van der Waals surface area contributed by atoms with Crippen LogP contribution in [-0.2, 0) is 14.6 Å². The van der Waals surface area contributed by atoms with Crippen LogP contribution in [-0.4, -0.2) is 43.9 Å². The van der Waals surface area contributed by atoms with Gasteiger partial charge in [0, 0.05) is 18.8 Å².